The molecule has 0 saturated carbocycles. The van der Waals surface area contributed by atoms with Gasteiger partial charge in [0.15, 0.2) is 0 Å². The molecule has 2 saturated heterocycles. The van der Waals surface area contributed by atoms with E-state index in [1.165, 1.54) is 19.3 Å². The second-order valence-corrected chi connectivity index (χ2v) is 8.53. The van der Waals surface area contributed by atoms with Crippen molar-refractivity contribution in [2.24, 2.45) is 5.41 Å². The van der Waals surface area contributed by atoms with Crippen molar-refractivity contribution in [1.82, 2.24) is 4.90 Å². The number of hydrogen-bond acceptors (Lipinski definition) is 2. The molecule has 0 unspecified atom stereocenters. The molecule has 1 aromatic carbocycles. The Kier molecular flexibility index (Phi) is 5.75. The van der Waals surface area contributed by atoms with E-state index < -0.39 is 5.41 Å². The Morgan fingerprint density at radius 3 is 2.72 bits per heavy atom. The molecule has 25 heavy (non-hydrogen) atoms. The highest BCUT2D eigenvalue weighted by Gasteiger charge is 2.46. The number of carbonyl (C=O) groups is 1. The van der Waals surface area contributed by atoms with Crippen molar-refractivity contribution in [2.75, 3.05) is 26.3 Å². The molecule has 0 aromatic heterocycles. The van der Waals surface area contributed by atoms with E-state index >= 15 is 0 Å². The van der Waals surface area contributed by atoms with Gasteiger partial charge in [0.1, 0.15) is 0 Å². The lowest BCUT2D eigenvalue weighted by atomic mass is 9.71. The molecule has 2 fully saturated rings. The first-order chi connectivity index (χ1) is 12.0. The van der Waals surface area contributed by atoms with E-state index in [0.29, 0.717) is 18.2 Å². The molecule has 138 valence electrons. The third-order valence-electron chi connectivity index (χ3n) is 6.05. The molecule has 2 aliphatic rings. The molecule has 0 aliphatic carbocycles. The number of likely N-dealkylation sites (tertiary alicyclic amines) is 1. The Labute approximate surface area is 156 Å². The number of carbonyl (C=O) groups excluding carboxylic acids is 1. The first kappa shape index (κ1) is 18.7. The average Bonchev–Trinajstić information content (AvgIpc) is 2.61. The summed E-state index contributed by atoms with van der Waals surface area (Å²) < 4.78 is 5.59. The highest BCUT2D eigenvalue weighted by molar-refractivity contribution is 6.30. The molecule has 0 spiro atoms. The van der Waals surface area contributed by atoms with Gasteiger partial charge in [-0.05, 0) is 55.2 Å². The normalized spacial score (nSPS) is 26.4. The van der Waals surface area contributed by atoms with E-state index in [1.807, 2.05) is 18.2 Å². The number of hydrogen-bond donors (Lipinski definition) is 0. The monoisotopic (exact) mass is 363 g/mol. The molecule has 0 radical (unpaired) electrons. The van der Waals surface area contributed by atoms with Crippen molar-refractivity contribution in [3.05, 3.63) is 34.9 Å². The number of amides is 1. The zero-order chi connectivity index (χ0) is 17.9. The van der Waals surface area contributed by atoms with Crippen LogP contribution in [0.3, 0.4) is 0 Å². The SMILES string of the molecule is CCC[C@]1(C)CCCN(C(=O)C2(c3cccc(Cl)c3)CCOCC2)C1. The molecular weight excluding hydrogens is 334 g/mol. The van der Waals surface area contributed by atoms with E-state index in [9.17, 15) is 4.79 Å². The second kappa shape index (κ2) is 7.67. The topological polar surface area (TPSA) is 29.5 Å². The lowest BCUT2D eigenvalue weighted by Crippen LogP contribution is -2.54. The Balaban J connectivity index is 1.90. The lowest BCUT2D eigenvalue weighted by Gasteiger charge is -2.46. The minimum atomic E-state index is -0.479. The number of benzene rings is 1. The zero-order valence-electron chi connectivity index (χ0n) is 15.5. The minimum absolute atomic E-state index is 0.253. The summed E-state index contributed by atoms with van der Waals surface area (Å²) in [5, 5.41) is 0.700. The van der Waals surface area contributed by atoms with Crippen LogP contribution in [0.15, 0.2) is 24.3 Å². The van der Waals surface area contributed by atoms with E-state index in [4.69, 9.17) is 16.3 Å². The molecule has 3 rings (SSSR count). The van der Waals surface area contributed by atoms with Gasteiger partial charge in [0, 0.05) is 31.3 Å². The summed E-state index contributed by atoms with van der Waals surface area (Å²) in [5.74, 6) is 0.278. The van der Waals surface area contributed by atoms with Crippen LogP contribution in [-0.2, 0) is 14.9 Å². The fraction of sp³-hybridized carbons (Fsp3) is 0.667. The van der Waals surface area contributed by atoms with Crippen molar-refractivity contribution in [1.29, 1.82) is 0 Å². The summed E-state index contributed by atoms with van der Waals surface area (Å²) in [5.41, 5.74) is 0.827. The van der Waals surface area contributed by atoms with Gasteiger partial charge in [-0.2, -0.15) is 0 Å². The quantitative estimate of drug-likeness (QED) is 0.767. The van der Waals surface area contributed by atoms with Crippen LogP contribution in [-0.4, -0.2) is 37.1 Å². The third-order valence-corrected chi connectivity index (χ3v) is 6.29. The molecule has 1 atom stereocenters. The zero-order valence-corrected chi connectivity index (χ0v) is 16.3. The number of halogens is 1. The summed E-state index contributed by atoms with van der Waals surface area (Å²) in [4.78, 5) is 15.8. The lowest BCUT2D eigenvalue weighted by molar-refractivity contribution is -0.145. The molecule has 4 heteroatoms. The van der Waals surface area contributed by atoms with Crippen molar-refractivity contribution in [3.8, 4) is 0 Å². The molecule has 3 nitrogen and oxygen atoms in total. The van der Waals surface area contributed by atoms with Crippen molar-refractivity contribution in [3.63, 3.8) is 0 Å². The van der Waals surface area contributed by atoms with Gasteiger partial charge >= 0.3 is 0 Å². The van der Waals surface area contributed by atoms with Gasteiger partial charge in [0.05, 0.1) is 5.41 Å². The van der Waals surface area contributed by atoms with Gasteiger partial charge in [-0.25, -0.2) is 0 Å². The largest absolute Gasteiger partial charge is 0.381 e. The average molecular weight is 364 g/mol. The predicted octanol–water partition coefficient (Wildman–Crippen LogP) is 4.82. The second-order valence-electron chi connectivity index (χ2n) is 8.10. The van der Waals surface area contributed by atoms with Gasteiger partial charge < -0.3 is 9.64 Å². The van der Waals surface area contributed by atoms with Gasteiger partial charge in [0.25, 0.3) is 0 Å². The van der Waals surface area contributed by atoms with Gasteiger partial charge in [-0.3, -0.25) is 4.79 Å². The van der Waals surface area contributed by atoms with E-state index in [-0.39, 0.29) is 11.3 Å². The van der Waals surface area contributed by atoms with Gasteiger partial charge in [0.2, 0.25) is 5.91 Å². The molecule has 1 aromatic rings. The highest BCUT2D eigenvalue weighted by Crippen LogP contribution is 2.41. The van der Waals surface area contributed by atoms with E-state index in [2.05, 4.69) is 24.8 Å². The van der Waals surface area contributed by atoms with Crippen LogP contribution >= 0.6 is 11.6 Å². The fourth-order valence-corrected chi connectivity index (χ4v) is 4.92. The standard InChI is InChI=1S/C21H30ClNO2/c1-3-8-20(2)9-5-12-23(16-20)19(24)21(10-13-25-14-11-21)17-6-4-7-18(22)15-17/h4,6-7,15H,3,5,8-14,16H2,1-2H3/t20-/m1/s1. The fourth-order valence-electron chi connectivity index (χ4n) is 4.73. The van der Waals surface area contributed by atoms with E-state index in [1.54, 1.807) is 0 Å². The molecule has 1 amide bonds. The van der Waals surface area contributed by atoms with Crippen LogP contribution in [0.5, 0.6) is 0 Å². The molecule has 0 N–H and O–H groups in total. The van der Waals surface area contributed by atoms with Crippen LogP contribution < -0.4 is 0 Å². The van der Waals surface area contributed by atoms with Crippen LogP contribution in [0.2, 0.25) is 5.02 Å². The smallest absolute Gasteiger partial charge is 0.233 e. The van der Waals surface area contributed by atoms with Gasteiger partial charge in [-0.1, -0.05) is 44.0 Å². The van der Waals surface area contributed by atoms with Crippen molar-refractivity contribution < 1.29 is 9.53 Å². The maximum absolute atomic E-state index is 13.7. The van der Waals surface area contributed by atoms with Crippen LogP contribution in [0.4, 0.5) is 0 Å². The summed E-state index contributed by atoms with van der Waals surface area (Å²) >= 11 is 6.25. The Bertz CT molecular complexity index is 608. The molecular formula is C21H30ClNO2. The summed E-state index contributed by atoms with van der Waals surface area (Å²) in [6.07, 6.45) is 6.17. The number of rotatable bonds is 4. The molecule has 2 heterocycles. The first-order valence-corrected chi connectivity index (χ1v) is 10.0. The number of piperidine rings is 1. The summed E-state index contributed by atoms with van der Waals surface area (Å²) in [6, 6.07) is 7.87. The Morgan fingerprint density at radius 2 is 2.04 bits per heavy atom. The summed E-state index contributed by atoms with van der Waals surface area (Å²) in [6.45, 7) is 7.60. The maximum atomic E-state index is 13.7. The van der Waals surface area contributed by atoms with Crippen molar-refractivity contribution in [2.45, 2.75) is 57.8 Å². The van der Waals surface area contributed by atoms with Gasteiger partial charge in [-0.15, -0.1) is 0 Å². The predicted molar refractivity (Wildman–Crippen MR) is 102 cm³/mol. The highest BCUT2D eigenvalue weighted by atomic mass is 35.5. The number of nitrogens with zero attached hydrogens (tertiary/aromatic N) is 1. The Hall–Kier alpha value is -1.06. The van der Waals surface area contributed by atoms with Crippen LogP contribution in [0.25, 0.3) is 0 Å². The van der Waals surface area contributed by atoms with Crippen LogP contribution in [0, 0.1) is 5.41 Å². The first-order valence-electron chi connectivity index (χ1n) is 9.62. The van der Waals surface area contributed by atoms with Crippen LogP contribution in [0.1, 0.15) is 57.9 Å². The Morgan fingerprint density at radius 1 is 1.28 bits per heavy atom. The third kappa shape index (κ3) is 3.88. The summed E-state index contributed by atoms with van der Waals surface area (Å²) in [7, 11) is 0. The molecule has 0 bridgehead atoms. The minimum Gasteiger partial charge on any atom is -0.381 e. The number of ether oxygens (including phenoxy) is 1. The maximum Gasteiger partial charge on any atom is 0.233 e. The molecule has 2 aliphatic heterocycles. The van der Waals surface area contributed by atoms with E-state index in [0.717, 1.165) is 37.9 Å². The van der Waals surface area contributed by atoms with Crippen molar-refractivity contribution >= 4 is 17.5 Å².